The standard InChI is InChI=1S/C13H24N2O4S/c1-11-5-3-4-8-15(11)20(17,18)14-9-6-12(7-10-14)13(16)19-2/h11-12H,3-10H2,1-2H3. The van der Waals surface area contributed by atoms with Crippen molar-refractivity contribution in [3.63, 3.8) is 0 Å². The second kappa shape index (κ2) is 6.41. The van der Waals surface area contributed by atoms with Gasteiger partial charge in [0.25, 0.3) is 10.2 Å². The smallest absolute Gasteiger partial charge is 0.308 e. The summed E-state index contributed by atoms with van der Waals surface area (Å²) >= 11 is 0. The van der Waals surface area contributed by atoms with Crippen molar-refractivity contribution in [2.75, 3.05) is 26.7 Å². The van der Waals surface area contributed by atoms with Crippen LogP contribution in [0.3, 0.4) is 0 Å². The number of piperidine rings is 2. The molecule has 0 saturated carbocycles. The average molecular weight is 304 g/mol. The molecule has 116 valence electrons. The number of ether oxygens (including phenoxy) is 1. The van der Waals surface area contributed by atoms with Gasteiger partial charge in [-0.15, -0.1) is 0 Å². The Kier molecular flexibility index (Phi) is 5.04. The van der Waals surface area contributed by atoms with Crippen LogP contribution in [0.5, 0.6) is 0 Å². The van der Waals surface area contributed by atoms with Crippen LogP contribution in [0.15, 0.2) is 0 Å². The van der Waals surface area contributed by atoms with Crippen LogP contribution in [0.4, 0.5) is 0 Å². The van der Waals surface area contributed by atoms with Crippen molar-refractivity contribution >= 4 is 16.2 Å². The molecule has 0 radical (unpaired) electrons. The molecule has 6 nitrogen and oxygen atoms in total. The summed E-state index contributed by atoms with van der Waals surface area (Å²) < 4.78 is 33.1. The van der Waals surface area contributed by atoms with E-state index in [0.29, 0.717) is 32.5 Å². The fourth-order valence-corrected chi connectivity index (χ4v) is 4.94. The number of rotatable bonds is 3. The normalized spacial score (nSPS) is 27.4. The number of carbonyl (C=O) groups excluding carboxylic acids is 1. The Balaban J connectivity index is 2.00. The van der Waals surface area contributed by atoms with Crippen LogP contribution in [0.1, 0.15) is 39.0 Å². The number of esters is 1. The van der Waals surface area contributed by atoms with Gasteiger partial charge in [0.2, 0.25) is 0 Å². The summed E-state index contributed by atoms with van der Waals surface area (Å²) in [5.74, 6) is -0.390. The highest BCUT2D eigenvalue weighted by Gasteiger charge is 2.37. The second-order valence-electron chi connectivity index (χ2n) is 5.66. The molecule has 2 fully saturated rings. The van der Waals surface area contributed by atoms with Gasteiger partial charge < -0.3 is 4.74 Å². The Labute approximate surface area is 121 Å². The molecule has 2 rings (SSSR count). The molecule has 0 bridgehead atoms. The zero-order valence-corrected chi connectivity index (χ0v) is 13.1. The van der Waals surface area contributed by atoms with Gasteiger partial charge in [-0.1, -0.05) is 6.42 Å². The van der Waals surface area contributed by atoms with Gasteiger partial charge in [-0.3, -0.25) is 4.79 Å². The summed E-state index contributed by atoms with van der Waals surface area (Å²) in [5.41, 5.74) is 0. The second-order valence-corrected chi connectivity index (χ2v) is 7.54. The molecule has 0 aliphatic carbocycles. The third-order valence-corrected chi connectivity index (χ3v) is 6.51. The quantitative estimate of drug-likeness (QED) is 0.729. The molecule has 1 atom stereocenters. The van der Waals surface area contributed by atoms with E-state index in [-0.39, 0.29) is 17.9 Å². The number of nitrogens with zero attached hydrogens (tertiary/aromatic N) is 2. The van der Waals surface area contributed by atoms with Gasteiger partial charge in [0.15, 0.2) is 0 Å². The summed E-state index contributed by atoms with van der Waals surface area (Å²) in [4.78, 5) is 11.5. The first-order chi connectivity index (χ1) is 9.46. The third kappa shape index (κ3) is 3.15. The highest BCUT2D eigenvalue weighted by molar-refractivity contribution is 7.86. The van der Waals surface area contributed by atoms with Crippen molar-refractivity contribution in [3.8, 4) is 0 Å². The van der Waals surface area contributed by atoms with E-state index in [1.165, 1.54) is 11.4 Å². The minimum atomic E-state index is -3.38. The maximum absolute atomic E-state index is 12.6. The summed E-state index contributed by atoms with van der Waals surface area (Å²) in [6, 6.07) is 0.0760. The van der Waals surface area contributed by atoms with Gasteiger partial charge in [0.05, 0.1) is 13.0 Å². The summed E-state index contributed by atoms with van der Waals surface area (Å²) in [5, 5.41) is 0. The Hall–Kier alpha value is -0.660. The lowest BCUT2D eigenvalue weighted by Crippen LogP contribution is -2.52. The molecule has 20 heavy (non-hydrogen) atoms. The fraction of sp³-hybridized carbons (Fsp3) is 0.923. The molecular weight excluding hydrogens is 280 g/mol. The molecule has 0 aromatic rings. The van der Waals surface area contributed by atoms with Gasteiger partial charge in [-0.2, -0.15) is 17.0 Å². The van der Waals surface area contributed by atoms with Crippen LogP contribution in [-0.2, 0) is 19.7 Å². The molecule has 2 aliphatic heterocycles. The van der Waals surface area contributed by atoms with Gasteiger partial charge in [0, 0.05) is 25.7 Å². The number of methoxy groups -OCH3 is 1. The van der Waals surface area contributed by atoms with E-state index in [9.17, 15) is 13.2 Å². The van der Waals surface area contributed by atoms with Crippen LogP contribution in [0, 0.1) is 5.92 Å². The zero-order valence-electron chi connectivity index (χ0n) is 12.2. The van der Waals surface area contributed by atoms with Crippen LogP contribution in [0.2, 0.25) is 0 Å². The predicted octanol–water partition coefficient (Wildman–Crippen LogP) is 0.991. The Bertz CT molecular complexity index is 443. The van der Waals surface area contributed by atoms with Gasteiger partial charge in [-0.25, -0.2) is 0 Å². The van der Waals surface area contributed by atoms with E-state index < -0.39 is 10.2 Å². The number of carbonyl (C=O) groups is 1. The van der Waals surface area contributed by atoms with E-state index >= 15 is 0 Å². The largest absolute Gasteiger partial charge is 0.469 e. The van der Waals surface area contributed by atoms with Crippen LogP contribution in [0.25, 0.3) is 0 Å². The maximum atomic E-state index is 12.6. The van der Waals surface area contributed by atoms with Crippen molar-refractivity contribution < 1.29 is 17.9 Å². The molecule has 1 unspecified atom stereocenters. The van der Waals surface area contributed by atoms with E-state index in [1.807, 2.05) is 6.92 Å². The van der Waals surface area contributed by atoms with E-state index in [2.05, 4.69) is 0 Å². The van der Waals surface area contributed by atoms with Crippen molar-refractivity contribution in [1.82, 2.24) is 8.61 Å². The molecule has 0 aromatic carbocycles. The lowest BCUT2D eigenvalue weighted by atomic mass is 9.99. The van der Waals surface area contributed by atoms with Crippen molar-refractivity contribution in [2.45, 2.75) is 45.1 Å². The van der Waals surface area contributed by atoms with Crippen LogP contribution in [-0.4, -0.2) is 55.8 Å². The lowest BCUT2D eigenvalue weighted by Gasteiger charge is -2.38. The summed E-state index contributed by atoms with van der Waals surface area (Å²) in [6.45, 7) is 3.40. The van der Waals surface area contributed by atoms with E-state index in [0.717, 1.165) is 19.3 Å². The van der Waals surface area contributed by atoms with E-state index in [1.54, 1.807) is 4.31 Å². The molecule has 0 N–H and O–H groups in total. The topological polar surface area (TPSA) is 66.9 Å². The van der Waals surface area contributed by atoms with Crippen molar-refractivity contribution in [1.29, 1.82) is 0 Å². The highest BCUT2D eigenvalue weighted by Crippen LogP contribution is 2.26. The van der Waals surface area contributed by atoms with Gasteiger partial charge in [-0.05, 0) is 32.6 Å². The zero-order chi connectivity index (χ0) is 14.8. The average Bonchev–Trinajstić information content (AvgIpc) is 2.47. The van der Waals surface area contributed by atoms with Crippen LogP contribution >= 0.6 is 0 Å². The minimum Gasteiger partial charge on any atom is -0.469 e. The van der Waals surface area contributed by atoms with Crippen molar-refractivity contribution in [2.24, 2.45) is 5.92 Å². The highest BCUT2D eigenvalue weighted by atomic mass is 32.2. The van der Waals surface area contributed by atoms with Gasteiger partial charge >= 0.3 is 5.97 Å². The fourth-order valence-electron chi connectivity index (χ4n) is 3.05. The van der Waals surface area contributed by atoms with E-state index in [4.69, 9.17) is 4.74 Å². The monoisotopic (exact) mass is 304 g/mol. The minimum absolute atomic E-state index is 0.0760. The molecule has 0 aromatic heterocycles. The summed E-state index contributed by atoms with van der Waals surface area (Å²) in [6.07, 6.45) is 4.06. The molecule has 2 saturated heterocycles. The van der Waals surface area contributed by atoms with Crippen molar-refractivity contribution in [3.05, 3.63) is 0 Å². The third-order valence-electron chi connectivity index (χ3n) is 4.35. The number of hydrogen-bond acceptors (Lipinski definition) is 4. The summed E-state index contributed by atoms with van der Waals surface area (Å²) in [7, 11) is -2.00. The molecular formula is C13H24N2O4S. The Morgan fingerprint density at radius 2 is 1.75 bits per heavy atom. The number of hydrogen-bond donors (Lipinski definition) is 0. The molecule has 2 aliphatic rings. The molecule has 2 heterocycles. The SMILES string of the molecule is COC(=O)C1CCN(S(=O)(=O)N2CCCCC2C)CC1. The molecule has 0 amide bonds. The van der Waals surface area contributed by atoms with Gasteiger partial charge in [0.1, 0.15) is 0 Å². The first-order valence-corrected chi connectivity index (χ1v) is 8.71. The Morgan fingerprint density at radius 3 is 2.30 bits per heavy atom. The maximum Gasteiger partial charge on any atom is 0.308 e. The Morgan fingerprint density at radius 1 is 1.10 bits per heavy atom. The first kappa shape index (κ1) is 15.7. The molecule has 7 heteroatoms. The molecule has 0 spiro atoms. The predicted molar refractivity (Wildman–Crippen MR) is 75.3 cm³/mol. The first-order valence-electron chi connectivity index (χ1n) is 7.31. The van der Waals surface area contributed by atoms with Crippen LogP contribution < -0.4 is 0 Å². The lowest BCUT2D eigenvalue weighted by molar-refractivity contribution is -0.146.